The summed E-state index contributed by atoms with van der Waals surface area (Å²) in [6, 6.07) is 5.08. The number of methoxy groups -OCH3 is 1. The van der Waals surface area contributed by atoms with Gasteiger partial charge in [-0.1, -0.05) is 6.07 Å². The number of hydrogen-bond acceptors (Lipinski definition) is 3. The Kier molecular flexibility index (Phi) is 3.09. The molecule has 1 heterocycles. The number of aromatic amines is 1. The number of H-pyrrole nitrogens is 1. The third-order valence-corrected chi connectivity index (χ3v) is 2.42. The first-order valence-electron chi connectivity index (χ1n) is 5.09. The molecule has 0 fully saturated rings. The highest BCUT2D eigenvalue weighted by atomic mass is 16.5. The van der Waals surface area contributed by atoms with E-state index in [2.05, 4.69) is 9.97 Å². The minimum atomic E-state index is -0.997. The maximum atomic E-state index is 11.0. The van der Waals surface area contributed by atoms with Crippen molar-refractivity contribution >= 4 is 5.97 Å². The molecule has 0 saturated carbocycles. The number of nitrogens with one attached hydrogen (secondary N) is 1. The highest BCUT2D eigenvalue weighted by molar-refractivity contribution is 5.91. The molecule has 5 nitrogen and oxygen atoms in total. The highest BCUT2D eigenvalue weighted by Crippen LogP contribution is 2.20. The molecular formula is C12H12N2O3. The van der Waals surface area contributed by atoms with Gasteiger partial charge < -0.3 is 14.8 Å². The Labute approximate surface area is 98.1 Å². The summed E-state index contributed by atoms with van der Waals surface area (Å²) in [5.41, 5.74) is 1.04. The van der Waals surface area contributed by atoms with Crippen molar-refractivity contribution in [3.8, 4) is 5.75 Å². The van der Waals surface area contributed by atoms with E-state index in [1.54, 1.807) is 24.5 Å². The maximum Gasteiger partial charge on any atom is 0.339 e. The van der Waals surface area contributed by atoms with Crippen LogP contribution in [-0.2, 0) is 6.42 Å². The van der Waals surface area contributed by atoms with E-state index in [9.17, 15) is 4.79 Å². The molecule has 17 heavy (non-hydrogen) atoms. The minimum Gasteiger partial charge on any atom is -0.496 e. The van der Waals surface area contributed by atoms with E-state index >= 15 is 0 Å². The van der Waals surface area contributed by atoms with Crippen molar-refractivity contribution in [2.45, 2.75) is 6.42 Å². The predicted octanol–water partition coefficient (Wildman–Crippen LogP) is 1.71. The normalized spacial score (nSPS) is 10.2. The summed E-state index contributed by atoms with van der Waals surface area (Å²) in [5, 5.41) is 9.04. The number of carboxylic acid groups (broad SMARTS) is 1. The number of benzene rings is 1. The van der Waals surface area contributed by atoms with Crippen LogP contribution in [0.3, 0.4) is 0 Å². The average molecular weight is 232 g/mol. The Bertz CT molecular complexity index is 521. The van der Waals surface area contributed by atoms with Crippen LogP contribution in [0.4, 0.5) is 0 Å². The molecule has 0 aliphatic heterocycles. The Morgan fingerprint density at radius 1 is 1.53 bits per heavy atom. The zero-order chi connectivity index (χ0) is 12.3. The molecule has 0 radical (unpaired) electrons. The number of nitrogens with zero attached hydrogens (tertiary/aromatic N) is 1. The van der Waals surface area contributed by atoms with Crippen LogP contribution < -0.4 is 4.74 Å². The lowest BCUT2D eigenvalue weighted by molar-refractivity contribution is 0.0693. The molecule has 0 atom stereocenters. The molecule has 1 aromatic carbocycles. The Morgan fingerprint density at radius 3 is 2.94 bits per heavy atom. The summed E-state index contributed by atoms with van der Waals surface area (Å²) >= 11 is 0. The summed E-state index contributed by atoms with van der Waals surface area (Å²) in [7, 11) is 1.45. The number of imidazole rings is 1. The fourth-order valence-electron chi connectivity index (χ4n) is 1.62. The van der Waals surface area contributed by atoms with Gasteiger partial charge in [0.05, 0.1) is 7.11 Å². The first kappa shape index (κ1) is 11.2. The third-order valence-electron chi connectivity index (χ3n) is 2.42. The number of carbonyl (C=O) groups is 1. The van der Waals surface area contributed by atoms with Gasteiger partial charge in [0.2, 0.25) is 0 Å². The summed E-state index contributed by atoms with van der Waals surface area (Å²) < 4.78 is 4.99. The van der Waals surface area contributed by atoms with Crippen LogP contribution in [-0.4, -0.2) is 28.2 Å². The van der Waals surface area contributed by atoms with Gasteiger partial charge in [0.15, 0.2) is 0 Å². The van der Waals surface area contributed by atoms with Crippen molar-refractivity contribution in [1.82, 2.24) is 9.97 Å². The first-order valence-corrected chi connectivity index (χ1v) is 5.09. The van der Waals surface area contributed by atoms with Crippen LogP contribution in [0.1, 0.15) is 21.7 Å². The zero-order valence-electron chi connectivity index (χ0n) is 9.30. The number of hydrogen-bond donors (Lipinski definition) is 2. The van der Waals surface area contributed by atoms with Crippen LogP contribution in [0.2, 0.25) is 0 Å². The molecule has 0 unspecified atom stereocenters. The smallest absolute Gasteiger partial charge is 0.339 e. The lowest BCUT2D eigenvalue weighted by Crippen LogP contribution is -2.02. The summed E-state index contributed by atoms with van der Waals surface area (Å²) in [5.74, 6) is 0.162. The molecule has 0 amide bonds. The first-order chi connectivity index (χ1) is 8.20. The van der Waals surface area contributed by atoms with E-state index < -0.39 is 5.97 Å². The quantitative estimate of drug-likeness (QED) is 0.841. The topological polar surface area (TPSA) is 75.2 Å². The predicted molar refractivity (Wildman–Crippen MR) is 61.3 cm³/mol. The van der Waals surface area contributed by atoms with Crippen LogP contribution >= 0.6 is 0 Å². The number of carboxylic acids is 1. The van der Waals surface area contributed by atoms with E-state index in [-0.39, 0.29) is 5.56 Å². The van der Waals surface area contributed by atoms with E-state index in [0.717, 1.165) is 11.4 Å². The lowest BCUT2D eigenvalue weighted by atomic mass is 10.1. The lowest BCUT2D eigenvalue weighted by Gasteiger charge is -2.06. The van der Waals surface area contributed by atoms with Crippen LogP contribution in [0, 0.1) is 0 Å². The molecule has 0 spiro atoms. The van der Waals surface area contributed by atoms with Crippen molar-refractivity contribution in [2.75, 3.05) is 7.11 Å². The Balaban J connectivity index is 2.30. The fourth-order valence-corrected chi connectivity index (χ4v) is 1.62. The molecule has 1 aromatic heterocycles. The molecule has 2 N–H and O–H groups in total. The van der Waals surface area contributed by atoms with Crippen molar-refractivity contribution < 1.29 is 14.6 Å². The Hall–Kier alpha value is -2.30. The Morgan fingerprint density at radius 2 is 2.35 bits per heavy atom. The number of ether oxygens (including phenoxy) is 1. The van der Waals surface area contributed by atoms with Gasteiger partial charge in [-0.2, -0.15) is 0 Å². The van der Waals surface area contributed by atoms with Crippen molar-refractivity contribution in [1.29, 1.82) is 0 Å². The van der Waals surface area contributed by atoms with Crippen molar-refractivity contribution in [3.05, 3.63) is 47.5 Å². The van der Waals surface area contributed by atoms with Gasteiger partial charge in [-0.3, -0.25) is 0 Å². The van der Waals surface area contributed by atoms with E-state index in [1.165, 1.54) is 7.11 Å². The molecular weight excluding hydrogens is 220 g/mol. The standard InChI is InChI=1S/C12H12N2O3/c1-17-10-3-2-8(6-9(10)12(15)16)7-11-13-4-5-14-11/h2-6H,7H2,1H3,(H,13,14)(H,15,16). The number of aromatic carboxylic acids is 1. The second-order valence-corrected chi connectivity index (χ2v) is 3.55. The van der Waals surface area contributed by atoms with Crippen LogP contribution in [0.5, 0.6) is 5.75 Å². The molecule has 5 heteroatoms. The van der Waals surface area contributed by atoms with Crippen molar-refractivity contribution in [3.63, 3.8) is 0 Å². The maximum absolute atomic E-state index is 11.0. The molecule has 0 bridgehead atoms. The van der Waals surface area contributed by atoms with Crippen LogP contribution in [0.25, 0.3) is 0 Å². The average Bonchev–Trinajstić information content (AvgIpc) is 2.81. The van der Waals surface area contributed by atoms with Crippen LogP contribution in [0.15, 0.2) is 30.6 Å². The summed E-state index contributed by atoms with van der Waals surface area (Å²) in [4.78, 5) is 18.1. The third kappa shape index (κ3) is 2.44. The van der Waals surface area contributed by atoms with Gasteiger partial charge in [0.25, 0.3) is 0 Å². The summed E-state index contributed by atoms with van der Waals surface area (Å²) in [6.45, 7) is 0. The van der Waals surface area contributed by atoms with E-state index in [1.807, 2.05) is 6.07 Å². The van der Waals surface area contributed by atoms with Gasteiger partial charge >= 0.3 is 5.97 Å². The fraction of sp³-hybridized carbons (Fsp3) is 0.167. The van der Waals surface area contributed by atoms with Crippen molar-refractivity contribution in [2.24, 2.45) is 0 Å². The monoisotopic (exact) mass is 232 g/mol. The van der Waals surface area contributed by atoms with E-state index in [4.69, 9.17) is 9.84 Å². The summed E-state index contributed by atoms with van der Waals surface area (Å²) in [6.07, 6.45) is 3.96. The van der Waals surface area contributed by atoms with Gasteiger partial charge in [-0.15, -0.1) is 0 Å². The van der Waals surface area contributed by atoms with E-state index in [0.29, 0.717) is 12.2 Å². The molecule has 2 rings (SSSR count). The molecule has 0 aliphatic rings. The SMILES string of the molecule is COc1ccc(Cc2ncc[nH]2)cc1C(=O)O. The molecule has 0 saturated heterocycles. The second kappa shape index (κ2) is 4.69. The molecule has 2 aromatic rings. The molecule has 88 valence electrons. The van der Waals surface area contributed by atoms with Gasteiger partial charge in [0.1, 0.15) is 17.1 Å². The largest absolute Gasteiger partial charge is 0.496 e. The number of aromatic nitrogens is 2. The molecule has 0 aliphatic carbocycles. The second-order valence-electron chi connectivity index (χ2n) is 3.55. The van der Waals surface area contributed by atoms with Gasteiger partial charge in [-0.25, -0.2) is 9.78 Å². The zero-order valence-corrected chi connectivity index (χ0v) is 9.30. The highest BCUT2D eigenvalue weighted by Gasteiger charge is 2.11. The minimum absolute atomic E-state index is 0.163. The van der Waals surface area contributed by atoms with Gasteiger partial charge in [-0.05, 0) is 17.7 Å². The van der Waals surface area contributed by atoms with Gasteiger partial charge in [0, 0.05) is 18.8 Å². The number of rotatable bonds is 4.